The number of thiophene rings is 1. The van der Waals surface area contributed by atoms with Gasteiger partial charge < -0.3 is 10.1 Å². The summed E-state index contributed by atoms with van der Waals surface area (Å²) < 4.78 is 5.21. The Morgan fingerprint density at radius 1 is 1.33 bits per heavy atom. The van der Waals surface area contributed by atoms with E-state index in [1.807, 2.05) is 13.0 Å². The van der Waals surface area contributed by atoms with Gasteiger partial charge in [0, 0.05) is 11.4 Å². The van der Waals surface area contributed by atoms with Crippen LogP contribution < -0.4 is 5.32 Å². The summed E-state index contributed by atoms with van der Waals surface area (Å²) >= 11 is 1.38. The largest absolute Gasteiger partial charge is 0.448 e. The molecule has 1 aromatic rings. The number of carbonyl (C=O) groups excluding carboxylic acids is 2. The smallest absolute Gasteiger partial charge is 0.349 e. The van der Waals surface area contributed by atoms with E-state index in [-0.39, 0.29) is 5.91 Å². The summed E-state index contributed by atoms with van der Waals surface area (Å²) in [5.74, 6) is -0.0545. The summed E-state index contributed by atoms with van der Waals surface area (Å²) in [4.78, 5) is 25.5. The lowest BCUT2D eigenvalue weighted by molar-refractivity contribution is -0.129. The molecule has 0 aliphatic heterocycles. The normalized spacial score (nSPS) is 17.2. The highest BCUT2D eigenvalue weighted by atomic mass is 32.1. The molecule has 1 heterocycles. The van der Waals surface area contributed by atoms with E-state index < -0.39 is 12.1 Å². The zero-order chi connectivity index (χ0) is 15.2. The van der Waals surface area contributed by atoms with Crippen molar-refractivity contribution >= 4 is 23.2 Å². The predicted octanol–water partition coefficient (Wildman–Crippen LogP) is 3.30. The van der Waals surface area contributed by atoms with Gasteiger partial charge in [-0.3, -0.25) is 4.79 Å². The van der Waals surface area contributed by atoms with Gasteiger partial charge in [-0.05, 0) is 44.7 Å². The Morgan fingerprint density at radius 3 is 2.67 bits per heavy atom. The van der Waals surface area contributed by atoms with Gasteiger partial charge >= 0.3 is 5.97 Å². The Balaban J connectivity index is 1.75. The SMILES string of the molecule is Cc1ccc(C(=O)O[C@H](C)C(=O)NCC2CCCCC2)s1. The number of aryl methyl sites for hydroxylation is 1. The van der Waals surface area contributed by atoms with Gasteiger partial charge in [-0.25, -0.2) is 4.79 Å². The summed E-state index contributed by atoms with van der Waals surface area (Å²) in [6.45, 7) is 4.25. The number of nitrogens with one attached hydrogen (secondary N) is 1. The standard InChI is InChI=1S/C16H23NO3S/c1-11-8-9-14(21-11)16(19)20-12(2)15(18)17-10-13-6-4-3-5-7-13/h8-9,12-13H,3-7,10H2,1-2H3,(H,17,18)/t12-/m1/s1. The molecule has 0 spiro atoms. The molecule has 21 heavy (non-hydrogen) atoms. The third-order valence-electron chi connectivity index (χ3n) is 3.88. The van der Waals surface area contributed by atoms with Crippen LogP contribution in [0.25, 0.3) is 0 Å². The summed E-state index contributed by atoms with van der Waals surface area (Å²) in [5.41, 5.74) is 0. The topological polar surface area (TPSA) is 55.4 Å². The molecular weight excluding hydrogens is 286 g/mol. The first-order valence-corrected chi connectivity index (χ1v) is 8.43. The van der Waals surface area contributed by atoms with E-state index in [2.05, 4.69) is 5.32 Å². The lowest BCUT2D eigenvalue weighted by Gasteiger charge is -2.22. The van der Waals surface area contributed by atoms with Crippen LogP contribution in [0, 0.1) is 12.8 Å². The summed E-state index contributed by atoms with van der Waals surface area (Å²) in [6.07, 6.45) is 5.43. The van der Waals surface area contributed by atoms with Crippen LogP contribution in [0.5, 0.6) is 0 Å². The molecule has 1 atom stereocenters. The van der Waals surface area contributed by atoms with Crippen LogP contribution in [0.15, 0.2) is 12.1 Å². The van der Waals surface area contributed by atoms with Crippen LogP contribution in [0.2, 0.25) is 0 Å². The minimum Gasteiger partial charge on any atom is -0.448 e. The van der Waals surface area contributed by atoms with Crippen molar-refractivity contribution in [3.05, 3.63) is 21.9 Å². The third kappa shape index (κ3) is 4.84. The highest BCUT2D eigenvalue weighted by Gasteiger charge is 2.21. The molecule has 1 aromatic heterocycles. The van der Waals surface area contributed by atoms with Crippen LogP contribution >= 0.6 is 11.3 Å². The molecule has 116 valence electrons. The predicted molar refractivity (Wildman–Crippen MR) is 83.5 cm³/mol. The number of carbonyl (C=O) groups is 2. The number of ether oxygens (including phenoxy) is 1. The summed E-state index contributed by atoms with van der Waals surface area (Å²) in [5, 5.41) is 2.90. The molecule has 2 rings (SSSR count). The van der Waals surface area contributed by atoms with Crippen molar-refractivity contribution in [2.75, 3.05) is 6.54 Å². The van der Waals surface area contributed by atoms with Crippen molar-refractivity contribution in [1.82, 2.24) is 5.32 Å². The maximum Gasteiger partial charge on any atom is 0.349 e. The average molecular weight is 309 g/mol. The Bertz CT molecular complexity index is 491. The first-order valence-electron chi connectivity index (χ1n) is 7.61. The molecule has 0 aromatic carbocycles. The molecule has 0 unspecified atom stereocenters. The van der Waals surface area contributed by atoms with Gasteiger partial charge in [-0.15, -0.1) is 11.3 Å². The Kier molecular flexibility index (Phi) is 5.79. The fraction of sp³-hybridized carbons (Fsp3) is 0.625. The molecule has 1 N–H and O–H groups in total. The zero-order valence-corrected chi connectivity index (χ0v) is 13.5. The fourth-order valence-electron chi connectivity index (χ4n) is 2.60. The van der Waals surface area contributed by atoms with Gasteiger partial charge in [0.15, 0.2) is 6.10 Å². The number of rotatable bonds is 5. The monoisotopic (exact) mass is 309 g/mol. The number of hydrogen-bond donors (Lipinski definition) is 1. The van der Waals surface area contributed by atoms with Gasteiger partial charge in [-0.2, -0.15) is 0 Å². The molecule has 0 bridgehead atoms. The molecule has 1 aliphatic carbocycles. The van der Waals surface area contributed by atoms with Crippen LogP contribution in [-0.4, -0.2) is 24.5 Å². The average Bonchev–Trinajstić information content (AvgIpc) is 2.92. The van der Waals surface area contributed by atoms with E-state index in [9.17, 15) is 9.59 Å². The minimum atomic E-state index is -0.747. The van der Waals surface area contributed by atoms with Crippen molar-refractivity contribution in [2.45, 2.75) is 52.1 Å². The van der Waals surface area contributed by atoms with Crippen molar-refractivity contribution in [2.24, 2.45) is 5.92 Å². The first kappa shape index (κ1) is 16.0. The molecule has 1 amide bonds. The Hall–Kier alpha value is -1.36. The lowest BCUT2D eigenvalue weighted by Crippen LogP contribution is -2.38. The fourth-order valence-corrected chi connectivity index (χ4v) is 3.35. The molecule has 1 fully saturated rings. The maximum atomic E-state index is 12.0. The van der Waals surface area contributed by atoms with Gasteiger partial charge in [0.25, 0.3) is 5.91 Å². The summed E-state index contributed by atoms with van der Waals surface area (Å²) in [6, 6.07) is 3.60. The second-order valence-electron chi connectivity index (χ2n) is 5.71. The van der Waals surface area contributed by atoms with Crippen molar-refractivity contribution < 1.29 is 14.3 Å². The van der Waals surface area contributed by atoms with E-state index in [0.717, 1.165) is 4.88 Å². The molecule has 1 saturated carbocycles. The van der Waals surface area contributed by atoms with E-state index >= 15 is 0 Å². The second kappa shape index (κ2) is 7.59. The van der Waals surface area contributed by atoms with Gasteiger partial charge in [0.2, 0.25) is 0 Å². The Labute approximate surface area is 129 Å². The van der Waals surface area contributed by atoms with Crippen LogP contribution in [-0.2, 0) is 9.53 Å². The highest BCUT2D eigenvalue weighted by Crippen LogP contribution is 2.22. The van der Waals surface area contributed by atoms with Crippen LogP contribution in [0.1, 0.15) is 53.6 Å². The van der Waals surface area contributed by atoms with E-state index in [4.69, 9.17) is 4.74 Å². The van der Waals surface area contributed by atoms with E-state index in [1.54, 1.807) is 13.0 Å². The van der Waals surface area contributed by atoms with Gasteiger partial charge in [0.1, 0.15) is 4.88 Å². The van der Waals surface area contributed by atoms with Gasteiger partial charge in [0.05, 0.1) is 0 Å². The van der Waals surface area contributed by atoms with Crippen molar-refractivity contribution in [1.29, 1.82) is 0 Å². The van der Waals surface area contributed by atoms with Gasteiger partial charge in [-0.1, -0.05) is 19.3 Å². The van der Waals surface area contributed by atoms with E-state index in [0.29, 0.717) is 17.3 Å². The third-order valence-corrected chi connectivity index (χ3v) is 4.87. The van der Waals surface area contributed by atoms with Crippen molar-refractivity contribution in [3.63, 3.8) is 0 Å². The first-order chi connectivity index (χ1) is 10.1. The second-order valence-corrected chi connectivity index (χ2v) is 6.99. The van der Waals surface area contributed by atoms with Crippen LogP contribution in [0.3, 0.4) is 0 Å². The molecule has 0 radical (unpaired) electrons. The molecule has 1 aliphatic rings. The molecule has 5 heteroatoms. The van der Waals surface area contributed by atoms with E-state index in [1.165, 1.54) is 43.4 Å². The lowest BCUT2D eigenvalue weighted by atomic mass is 9.89. The molecule has 4 nitrogen and oxygen atoms in total. The van der Waals surface area contributed by atoms with Crippen molar-refractivity contribution in [3.8, 4) is 0 Å². The Morgan fingerprint density at radius 2 is 2.05 bits per heavy atom. The number of esters is 1. The quantitative estimate of drug-likeness (QED) is 0.849. The minimum absolute atomic E-state index is 0.206. The van der Waals surface area contributed by atoms with Crippen LogP contribution in [0.4, 0.5) is 0 Å². The zero-order valence-electron chi connectivity index (χ0n) is 12.7. The molecule has 0 saturated heterocycles. The maximum absolute atomic E-state index is 12.0. The summed E-state index contributed by atoms with van der Waals surface area (Å²) in [7, 11) is 0. The number of hydrogen-bond acceptors (Lipinski definition) is 4. The highest BCUT2D eigenvalue weighted by molar-refractivity contribution is 7.13. The molecular formula is C16H23NO3S. The number of amides is 1.